The average molecular weight is 228 g/mol. The van der Waals surface area contributed by atoms with Crippen LogP contribution in [-0.4, -0.2) is 19.1 Å². The maximum atomic E-state index is 10.7. The van der Waals surface area contributed by atoms with Crippen molar-refractivity contribution in [3.8, 4) is 0 Å². The third kappa shape index (κ3) is 7.37. The molecule has 0 fully saturated rings. The minimum atomic E-state index is -1.42. The number of unbranched alkanes of at least 4 members (excludes halogenated alkanes) is 3. The van der Waals surface area contributed by atoms with Crippen molar-refractivity contribution in [3.05, 3.63) is 11.3 Å². The summed E-state index contributed by atoms with van der Waals surface area (Å²) in [5.41, 5.74) is 2.53. The van der Waals surface area contributed by atoms with Crippen molar-refractivity contribution in [2.24, 2.45) is 0 Å². The molecule has 88 valence electrons. The van der Waals surface area contributed by atoms with Crippen LogP contribution in [0.1, 0.15) is 39.5 Å². The van der Waals surface area contributed by atoms with Gasteiger partial charge in [0.2, 0.25) is 0 Å². The van der Waals surface area contributed by atoms with Crippen LogP contribution in [0.5, 0.6) is 0 Å². The van der Waals surface area contributed by atoms with Crippen molar-refractivity contribution in [1.29, 1.82) is 0 Å². The number of hydrogen-bond donors (Lipinski definition) is 1. The molecule has 15 heavy (non-hydrogen) atoms. The van der Waals surface area contributed by atoms with E-state index in [0.717, 1.165) is 0 Å². The van der Waals surface area contributed by atoms with E-state index in [-0.39, 0.29) is 0 Å². The highest BCUT2D eigenvalue weighted by atomic mass is 28.3. The molecule has 0 rings (SSSR count). The molecule has 0 aliphatic heterocycles. The normalized spacial score (nSPS) is 12.9. The summed E-state index contributed by atoms with van der Waals surface area (Å²) < 4.78 is 0. The van der Waals surface area contributed by atoms with Crippen LogP contribution in [0.25, 0.3) is 0 Å². The van der Waals surface area contributed by atoms with Gasteiger partial charge in [0.05, 0.1) is 8.07 Å². The van der Waals surface area contributed by atoms with Gasteiger partial charge in [-0.1, -0.05) is 57.4 Å². The Kier molecular flexibility index (Phi) is 6.57. The highest BCUT2D eigenvalue weighted by Crippen LogP contribution is 2.18. The van der Waals surface area contributed by atoms with Crippen molar-refractivity contribution in [2.75, 3.05) is 0 Å². The molecule has 0 saturated heterocycles. The number of rotatable bonds is 7. The Balaban J connectivity index is 4.06. The van der Waals surface area contributed by atoms with Crippen molar-refractivity contribution < 1.29 is 9.90 Å². The van der Waals surface area contributed by atoms with Gasteiger partial charge >= 0.3 is 5.97 Å². The lowest BCUT2D eigenvalue weighted by Gasteiger charge is -2.18. The Morgan fingerprint density at radius 1 is 1.27 bits per heavy atom. The molecule has 0 aromatic heterocycles. The van der Waals surface area contributed by atoms with Crippen molar-refractivity contribution in [3.63, 3.8) is 0 Å². The van der Waals surface area contributed by atoms with Gasteiger partial charge in [0.1, 0.15) is 0 Å². The quantitative estimate of drug-likeness (QED) is 0.408. The monoisotopic (exact) mass is 228 g/mol. The molecule has 2 nitrogen and oxygen atoms in total. The van der Waals surface area contributed by atoms with Crippen LogP contribution in [0.2, 0.25) is 19.1 Å². The highest BCUT2D eigenvalue weighted by Gasteiger charge is 2.18. The standard InChI is InChI=1S/C12H24O2Si/c1-5-6-7-8-9-15(3,4)10-11(2)12(13)14/h10H,5-9H2,1-4H3,(H,13,14). The largest absolute Gasteiger partial charge is 0.478 e. The van der Waals surface area contributed by atoms with Crippen LogP contribution in [0.15, 0.2) is 11.3 Å². The lowest BCUT2D eigenvalue weighted by molar-refractivity contribution is -0.132. The van der Waals surface area contributed by atoms with Gasteiger partial charge in [-0.2, -0.15) is 0 Å². The SMILES string of the molecule is CCCCCC[Si](C)(C)C=C(C)C(=O)O. The number of carboxylic acid groups (broad SMARTS) is 1. The molecule has 0 atom stereocenters. The Bertz CT molecular complexity index is 232. The van der Waals surface area contributed by atoms with E-state index in [0.29, 0.717) is 5.57 Å². The van der Waals surface area contributed by atoms with E-state index >= 15 is 0 Å². The van der Waals surface area contributed by atoms with Crippen LogP contribution in [-0.2, 0) is 4.79 Å². The van der Waals surface area contributed by atoms with Gasteiger partial charge in [-0.15, -0.1) is 0 Å². The van der Waals surface area contributed by atoms with E-state index in [4.69, 9.17) is 5.11 Å². The Labute approximate surface area is 94.4 Å². The zero-order valence-corrected chi connectivity index (χ0v) is 11.5. The van der Waals surface area contributed by atoms with E-state index in [2.05, 4.69) is 20.0 Å². The van der Waals surface area contributed by atoms with Crippen molar-refractivity contribution in [1.82, 2.24) is 0 Å². The second-order valence-electron chi connectivity index (χ2n) is 4.93. The maximum Gasteiger partial charge on any atom is 0.330 e. The molecule has 3 heteroatoms. The molecule has 1 N–H and O–H groups in total. The molecule has 0 aliphatic carbocycles. The smallest absolute Gasteiger partial charge is 0.330 e. The molecule has 0 aromatic carbocycles. The summed E-state index contributed by atoms with van der Waals surface area (Å²) in [6.07, 6.45) is 5.08. The first kappa shape index (κ1) is 14.4. The fourth-order valence-corrected chi connectivity index (χ4v) is 4.33. The number of aliphatic carboxylic acids is 1. The Morgan fingerprint density at radius 2 is 1.87 bits per heavy atom. The minimum absolute atomic E-state index is 0.516. The van der Waals surface area contributed by atoms with Crippen LogP contribution in [0.4, 0.5) is 0 Å². The summed E-state index contributed by atoms with van der Waals surface area (Å²) in [5, 5.41) is 8.81. The molecule has 0 amide bonds. The van der Waals surface area contributed by atoms with E-state index < -0.39 is 14.0 Å². The van der Waals surface area contributed by atoms with Crippen LogP contribution < -0.4 is 0 Å². The Hall–Kier alpha value is -0.573. The first-order valence-electron chi connectivity index (χ1n) is 5.82. The van der Waals surface area contributed by atoms with E-state index in [1.807, 2.05) is 5.70 Å². The van der Waals surface area contributed by atoms with E-state index in [1.54, 1.807) is 6.92 Å². The first-order chi connectivity index (χ1) is 6.89. The molecule has 0 unspecified atom stereocenters. The van der Waals surface area contributed by atoms with Gasteiger partial charge < -0.3 is 5.11 Å². The average Bonchev–Trinajstić information content (AvgIpc) is 2.11. The Morgan fingerprint density at radius 3 is 2.33 bits per heavy atom. The molecule has 0 radical (unpaired) electrons. The summed E-state index contributed by atoms with van der Waals surface area (Å²) in [4.78, 5) is 10.7. The lowest BCUT2D eigenvalue weighted by atomic mass is 10.2. The minimum Gasteiger partial charge on any atom is -0.478 e. The lowest BCUT2D eigenvalue weighted by Crippen LogP contribution is -2.23. The molecule has 0 bridgehead atoms. The molecule has 0 saturated carbocycles. The predicted octanol–water partition coefficient (Wildman–Crippen LogP) is 3.85. The number of hydrogen-bond acceptors (Lipinski definition) is 1. The highest BCUT2D eigenvalue weighted by molar-refractivity contribution is 6.82. The topological polar surface area (TPSA) is 37.3 Å². The van der Waals surface area contributed by atoms with Gasteiger partial charge in [-0.25, -0.2) is 4.79 Å². The van der Waals surface area contributed by atoms with Gasteiger partial charge in [0, 0.05) is 5.57 Å². The summed E-state index contributed by atoms with van der Waals surface area (Å²) in [7, 11) is -1.42. The number of carboxylic acids is 1. The van der Waals surface area contributed by atoms with Crippen LogP contribution in [0.3, 0.4) is 0 Å². The summed E-state index contributed by atoms with van der Waals surface area (Å²) in [6.45, 7) is 8.39. The van der Waals surface area contributed by atoms with Gasteiger partial charge in [0.25, 0.3) is 0 Å². The van der Waals surface area contributed by atoms with Crippen molar-refractivity contribution >= 4 is 14.0 Å². The zero-order valence-electron chi connectivity index (χ0n) is 10.5. The van der Waals surface area contributed by atoms with E-state index in [9.17, 15) is 4.79 Å². The summed E-state index contributed by atoms with van der Waals surface area (Å²) >= 11 is 0. The molecule has 0 spiro atoms. The van der Waals surface area contributed by atoms with Gasteiger partial charge in [-0.05, 0) is 6.92 Å². The number of carbonyl (C=O) groups is 1. The van der Waals surface area contributed by atoms with Crippen molar-refractivity contribution in [2.45, 2.75) is 58.7 Å². The van der Waals surface area contributed by atoms with Crippen LogP contribution >= 0.6 is 0 Å². The predicted molar refractivity (Wildman–Crippen MR) is 67.8 cm³/mol. The van der Waals surface area contributed by atoms with Gasteiger partial charge in [0.15, 0.2) is 0 Å². The molecule has 0 heterocycles. The second kappa shape index (κ2) is 6.83. The zero-order chi connectivity index (χ0) is 11.9. The first-order valence-corrected chi connectivity index (χ1v) is 9.10. The summed E-state index contributed by atoms with van der Waals surface area (Å²) in [5.74, 6) is -0.774. The molecular formula is C12H24O2Si. The molecule has 0 aromatic rings. The fraction of sp³-hybridized carbons (Fsp3) is 0.750. The summed E-state index contributed by atoms with van der Waals surface area (Å²) in [6, 6.07) is 1.21. The third-order valence-corrected chi connectivity index (χ3v) is 5.48. The van der Waals surface area contributed by atoms with Crippen LogP contribution in [0, 0.1) is 0 Å². The third-order valence-electron chi connectivity index (χ3n) is 2.62. The van der Waals surface area contributed by atoms with E-state index in [1.165, 1.54) is 31.7 Å². The maximum absolute atomic E-state index is 10.7. The fourth-order valence-electron chi connectivity index (χ4n) is 1.73. The molecule has 0 aliphatic rings. The second-order valence-corrected chi connectivity index (χ2v) is 9.70. The molecular weight excluding hydrogens is 204 g/mol. The van der Waals surface area contributed by atoms with Gasteiger partial charge in [-0.3, -0.25) is 0 Å².